The Morgan fingerprint density at radius 1 is 0.151 bits per heavy atom. The summed E-state index contributed by atoms with van der Waals surface area (Å²) in [6.07, 6.45) is 53.0. The molecule has 0 saturated carbocycles. The third-order valence-electron chi connectivity index (χ3n) is 12.2. The standard InChI is InChI=1S/C48H100NO4/c50-45-37-29-21-13-5-1-9-17-25-33-41-49(42-34-26-18-10-2-6-14-22-30-38-46-51,43-35-27-19-11-3-7-15-23-31-39-47-52)44-36-28-20-12-4-8-16-24-32-40-48-53/h50-53H,1-48H2/q+1. The fourth-order valence-corrected chi connectivity index (χ4v) is 8.56. The summed E-state index contributed by atoms with van der Waals surface area (Å²) >= 11 is 0. The maximum atomic E-state index is 9.01. The van der Waals surface area contributed by atoms with Crippen molar-refractivity contribution in [2.24, 2.45) is 0 Å². The summed E-state index contributed by atoms with van der Waals surface area (Å²) in [4.78, 5) is 0. The summed E-state index contributed by atoms with van der Waals surface area (Å²) in [5.41, 5.74) is 0. The predicted molar refractivity (Wildman–Crippen MR) is 233 cm³/mol. The van der Waals surface area contributed by atoms with E-state index in [4.69, 9.17) is 20.4 Å². The SMILES string of the molecule is OCCCCCCCCCCCC[N+](CCCCCCCCCCCCO)(CCCCCCCCCCCCO)CCCCCCCCCCCCO. The minimum atomic E-state index is 0.355. The topological polar surface area (TPSA) is 80.9 Å². The van der Waals surface area contributed by atoms with Crippen LogP contribution in [0.1, 0.15) is 257 Å². The lowest BCUT2D eigenvalue weighted by atomic mass is 10.0. The zero-order chi connectivity index (χ0) is 38.4. The van der Waals surface area contributed by atoms with Gasteiger partial charge in [0.05, 0.1) is 26.2 Å². The average Bonchev–Trinajstić information content (AvgIpc) is 3.17. The first-order valence-corrected chi connectivity index (χ1v) is 24.5. The second-order valence-electron chi connectivity index (χ2n) is 17.3. The molecule has 0 aliphatic heterocycles. The predicted octanol–water partition coefficient (Wildman–Crippen LogP) is 13.4. The van der Waals surface area contributed by atoms with Crippen molar-refractivity contribution in [3.05, 3.63) is 0 Å². The molecule has 0 rings (SSSR count). The molecule has 0 saturated heterocycles. The molecule has 0 unspecified atom stereocenters. The van der Waals surface area contributed by atoms with Gasteiger partial charge in [-0.1, -0.05) is 180 Å². The van der Waals surface area contributed by atoms with E-state index in [0.717, 1.165) is 25.7 Å². The van der Waals surface area contributed by atoms with Gasteiger partial charge in [-0.3, -0.25) is 0 Å². The summed E-state index contributed by atoms with van der Waals surface area (Å²) in [5.74, 6) is 0. The Morgan fingerprint density at radius 2 is 0.264 bits per heavy atom. The molecule has 5 nitrogen and oxygen atoms in total. The van der Waals surface area contributed by atoms with E-state index in [9.17, 15) is 0 Å². The molecule has 0 aromatic carbocycles. The highest BCUT2D eigenvalue weighted by atomic mass is 16.3. The molecule has 53 heavy (non-hydrogen) atoms. The Balaban J connectivity index is 4.89. The van der Waals surface area contributed by atoms with E-state index < -0.39 is 0 Å². The Bertz CT molecular complexity index is 538. The van der Waals surface area contributed by atoms with E-state index in [0.29, 0.717) is 26.4 Å². The number of aliphatic hydroxyl groups excluding tert-OH is 4. The number of aliphatic hydroxyl groups is 4. The van der Waals surface area contributed by atoms with Gasteiger partial charge < -0.3 is 24.9 Å². The van der Waals surface area contributed by atoms with Crippen LogP contribution in [0.4, 0.5) is 0 Å². The van der Waals surface area contributed by atoms with Crippen LogP contribution in [0.2, 0.25) is 0 Å². The molecule has 0 aromatic rings. The molecule has 4 N–H and O–H groups in total. The maximum Gasteiger partial charge on any atom is 0.0786 e. The first-order valence-electron chi connectivity index (χ1n) is 24.5. The molecular weight excluding hydrogens is 655 g/mol. The van der Waals surface area contributed by atoms with Gasteiger partial charge in [-0.2, -0.15) is 0 Å². The smallest absolute Gasteiger partial charge is 0.0786 e. The Hall–Kier alpha value is -0.200. The molecule has 0 radical (unpaired) electrons. The number of hydrogen-bond acceptors (Lipinski definition) is 4. The zero-order valence-electron chi connectivity index (χ0n) is 36.2. The van der Waals surface area contributed by atoms with E-state index in [1.165, 1.54) is 262 Å². The van der Waals surface area contributed by atoms with Crippen LogP contribution in [-0.2, 0) is 0 Å². The van der Waals surface area contributed by atoms with Gasteiger partial charge in [-0.25, -0.2) is 0 Å². The third kappa shape index (κ3) is 41.3. The van der Waals surface area contributed by atoms with Gasteiger partial charge in [0.1, 0.15) is 0 Å². The van der Waals surface area contributed by atoms with Gasteiger partial charge in [0.25, 0.3) is 0 Å². The van der Waals surface area contributed by atoms with Crippen molar-refractivity contribution >= 4 is 0 Å². The maximum absolute atomic E-state index is 9.01. The second-order valence-corrected chi connectivity index (χ2v) is 17.3. The Morgan fingerprint density at radius 3 is 0.396 bits per heavy atom. The van der Waals surface area contributed by atoms with Crippen molar-refractivity contribution in [2.45, 2.75) is 257 Å². The van der Waals surface area contributed by atoms with Crippen molar-refractivity contribution in [2.75, 3.05) is 52.6 Å². The average molecular weight is 755 g/mol. The highest BCUT2D eigenvalue weighted by Gasteiger charge is 2.25. The first-order chi connectivity index (χ1) is 26.2. The van der Waals surface area contributed by atoms with Crippen molar-refractivity contribution in [3.63, 3.8) is 0 Å². The molecule has 0 bridgehead atoms. The number of rotatable bonds is 48. The van der Waals surface area contributed by atoms with Crippen LogP contribution in [0.25, 0.3) is 0 Å². The van der Waals surface area contributed by atoms with Crippen LogP contribution in [0.5, 0.6) is 0 Å². The number of unbranched alkanes of at least 4 members (excludes halogenated alkanes) is 36. The minimum Gasteiger partial charge on any atom is -0.396 e. The molecule has 0 aliphatic carbocycles. The van der Waals surface area contributed by atoms with Gasteiger partial charge in [-0.05, 0) is 77.0 Å². The fourth-order valence-electron chi connectivity index (χ4n) is 8.56. The molecule has 0 amide bonds. The van der Waals surface area contributed by atoms with Crippen LogP contribution in [0.15, 0.2) is 0 Å². The highest BCUT2D eigenvalue weighted by Crippen LogP contribution is 2.22. The summed E-state index contributed by atoms with van der Waals surface area (Å²) in [7, 11) is 0. The molecule has 0 spiro atoms. The summed E-state index contributed by atoms with van der Waals surface area (Å²) in [6.45, 7) is 7.07. The second kappa shape index (κ2) is 46.2. The van der Waals surface area contributed by atoms with Crippen LogP contribution < -0.4 is 0 Å². The highest BCUT2D eigenvalue weighted by molar-refractivity contribution is 4.57. The number of nitrogens with zero attached hydrogens (tertiary/aromatic N) is 1. The van der Waals surface area contributed by atoms with Gasteiger partial charge in [0.15, 0.2) is 0 Å². The lowest BCUT2D eigenvalue weighted by molar-refractivity contribution is -0.929. The Kier molecular flexibility index (Phi) is 46.0. The van der Waals surface area contributed by atoms with Crippen LogP contribution in [-0.4, -0.2) is 77.5 Å². The molecule has 320 valence electrons. The van der Waals surface area contributed by atoms with E-state index in [2.05, 4.69) is 0 Å². The van der Waals surface area contributed by atoms with E-state index in [1.54, 1.807) is 0 Å². The molecule has 0 heterocycles. The lowest BCUT2D eigenvalue weighted by Crippen LogP contribution is -2.50. The first kappa shape index (κ1) is 52.8. The van der Waals surface area contributed by atoms with Crippen LogP contribution in [0, 0.1) is 0 Å². The molecule has 5 heteroatoms. The summed E-state index contributed by atoms with van der Waals surface area (Å²) < 4.78 is 1.41. The third-order valence-corrected chi connectivity index (χ3v) is 12.2. The van der Waals surface area contributed by atoms with Gasteiger partial charge in [-0.15, -0.1) is 0 Å². The van der Waals surface area contributed by atoms with E-state index in [-0.39, 0.29) is 0 Å². The summed E-state index contributed by atoms with van der Waals surface area (Å²) in [5, 5.41) is 36.1. The Labute approximate surface area is 333 Å². The van der Waals surface area contributed by atoms with Gasteiger partial charge in [0.2, 0.25) is 0 Å². The molecular formula is C48H100NO4+. The number of quaternary nitrogens is 1. The zero-order valence-corrected chi connectivity index (χ0v) is 36.2. The molecule has 0 aromatic heterocycles. The monoisotopic (exact) mass is 755 g/mol. The normalized spacial score (nSPS) is 12.0. The quantitative estimate of drug-likeness (QED) is 0.0368. The fraction of sp³-hybridized carbons (Fsp3) is 1.00. The van der Waals surface area contributed by atoms with Crippen molar-refractivity contribution in [1.29, 1.82) is 0 Å². The number of hydrogen-bond donors (Lipinski definition) is 4. The molecule has 0 fully saturated rings. The van der Waals surface area contributed by atoms with Gasteiger partial charge >= 0.3 is 0 Å². The van der Waals surface area contributed by atoms with Crippen molar-refractivity contribution in [3.8, 4) is 0 Å². The molecule has 0 atom stereocenters. The van der Waals surface area contributed by atoms with Crippen molar-refractivity contribution < 1.29 is 24.9 Å². The van der Waals surface area contributed by atoms with Crippen LogP contribution in [0.3, 0.4) is 0 Å². The largest absolute Gasteiger partial charge is 0.396 e. The van der Waals surface area contributed by atoms with Crippen LogP contribution >= 0.6 is 0 Å². The molecule has 0 aliphatic rings. The van der Waals surface area contributed by atoms with Gasteiger partial charge in [0, 0.05) is 26.4 Å². The lowest BCUT2D eigenvalue weighted by Gasteiger charge is -2.40. The van der Waals surface area contributed by atoms with E-state index in [1.807, 2.05) is 0 Å². The van der Waals surface area contributed by atoms with Crippen molar-refractivity contribution in [1.82, 2.24) is 0 Å². The summed E-state index contributed by atoms with van der Waals surface area (Å²) in [6, 6.07) is 0. The van der Waals surface area contributed by atoms with E-state index >= 15 is 0 Å². The minimum absolute atomic E-state index is 0.355.